The summed E-state index contributed by atoms with van der Waals surface area (Å²) in [5.74, 6) is 0.713. The van der Waals surface area contributed by atoms with Crippen LogP contribution < -0.4 is 10.2 Å². The molecule has 8 nitrogen and oxygen atoms in total. The first-order valence-electron chi connectivity index (χ1n) is 10.4. The Morgan fingerprint density at radius 3 is 2.76 bits per heavy atom. The van der Waals surface area contributed by atoms with Crippen LogP contribution >= 0.6 is 11.8 Å². The van der Waals surface area contributed by atoms with Crippen LogP contribution in [0, 0.1) is 5.82 Å². The maximum absolute atomic E-state index is 13.2. The van der Waals surface area contributed by atoms with E-state index in [2.05, 4.69) is 25.7 Å². The first-order valence-corrected chi connectivity index (χ1v) is 11.4. The Labute approximate surface area is 199 Å². The number of nitrogens with zero attached hydrogens (tertiary/aromatic N) is 5. The Kier molecular flexibility index (Phi) is 7.61. The molecule has 0 atom stereocenters. The van der Waals surface area contributed by atoms with Gasteiger partial charge in [-0.15, -0.1) is 10.2 Å². The number of nitrogens with one attached hydrogen (secondary N) is 1. The fraction of sp³-hybridized carbons (Fsp3) is 0.125. The predicted octanol–water partition coefficient (Wildman–Crippen LogP) is 4.11. The van der Waals surface area contributed by atoms with E-state index in [1.54, 1.807) is 24.5 Å². The Bertz CT molecular complexity index is 1280. The Morgan fingerprint density at radius 1 is 1.18 bits per heavy atom. The van der Waals surface area contributed by atoms with Gasteiger partial charge in [0.2, 0.25) is 0 Å². The maximum atomic E-state index is 13.2. The lowest BCUT2D eigenvalue weighted by Gasteiger charge is -2.11. The zero-order valence-electron chi connectivity index (χ0n) is 18.3. The SMILES string of the molecule is CCOc1ccc(-n2c(SCC(=O)NN=Cc3cccc(F)c3)nnc2-c2cccnc2)cc1. The second-order valence-electron chi connectivity index (χ2n) is 6.95. The number of halogens is 1. The molecule has 0 radical (unpaired) electrons. The van der Waals surface area contributed by atoms with Crippen molar-refractivity contribution >= 4 is 23.9 Å². The molecule has 2 aromatic carbocycles. The van der Waals surface area contributed by atoms with Crippen LogP contribution in [0.3, 0.4) is 0 Å². The van der Waals surface area contributed by atoms with Crippen LogP contribution in [-0.2, 0) is 4.79 Å². The number of hydrazone groups is 1. The number of amides is 1. The smallest absolute Gasteiger partial charge is 0.250 e. The van der Waals surface area contributed by atoms with Gasteiger partial charge in [0.05, 0.1) is 18.6 Å². The van der Waals surface area contributed by atoms with Crippen molar-refractivity contribution in [3.05, 3.63) is 84.4 Å². The van der Waals surface area contributed by atoms with E-state index in [1.165, 1.54) is 30.1 Å². The zero-order chi connectivity index (χ0) is 23.8. The normalized spacial score (nSPS) is 11.0. The number of pyridine rings is 1. The van der Waals surface area contributed by atoms with Crippen molar-refractivity contribution in [1.29, 1.82) is 0 Å². The molecule has 0 aliphatic carbocycles. The van der Waals surface area contributed by atoms with Gasteiger partial charge in [-0.3, -0.25) is 14.3 Å². The predicted molar refractivity (Wildman–Crippen MR) is 129 cm³/mol. The first-order chi connectivity index (χ1) is 16.6. The average Bonchev–Trinajstić information content (AvgIpc) is 3.28. The molecule has 0 aliphatic rings. The minimum atomic E-state index is -0.371. The summed E-state index contributed by atoms with van der Waals surface area (Å²) in [5.41, 5.74) is 4.60. The van der Waals surface area contributed by atoms with E-state index < -0.39 is 0 Å². The summed E-state index contributed by atoms with van der Waals surface area (Å²) >= 11 is 1.22. The van der Waals surface area contributed by atoms with E-state index in [-0.39, 0.29) is 17.5 Å². The molecule has 2 aromatic heterocycles. The largest absolute Gasteiger partial charge is 0.494 e. The number of carbonyl (C=O) groups excluding carboxylic acids is 1. The van der Waals surface area contributed by atoms with Gasteiger partial charge in [-0.05, 0) is 61.0 Å². The number of hydrogen-bond acceptors (Lipinski definition) is 7. The van der Waals surface area contributed by atoms with Crippen molar-refractivity contribution in [2.45, 2.75) is 12.1 Å². The summed E-state index contributed by atoms with van der Waals surface area (Å²) in [6.45, 7) is 2.50. The molecule has 10 heteroatoms. The molecule has 1 amide bonds. The van der Waals surface area contributed by atoms with Gasteiger partial charge in [-0.2, -0.15) is 5.10 Å². The van der Waals surface area contributed by atoms with E-state index >= 15 is 0 Å². The summed E-state index contributed by atoms with van der Waals surface area (Å²) in [6, 6.07) is 17.2. The average molecular weight is 477 g/mol. The van der Waals surface area contributed by atoms with Gasteiger partial charge in [0, 0.05) is 23.6 Å². The molecule has 172 valence electrons. The van der Waals surface area contributed by atoms with E-state index in [1.807, 2.05) is 47.9 Å². The molecule has 0 saturated carbocycles. The molecule has 1 N–H and O–H groups in total. The highest BCUT2D eigenvalue weighted by molar-refractivity contribution is 7.99. The van der Waals surface area contributed by atoms with Gasteiger partial charge in [0.25, 0.3) is 5.91 Å². The van der Waals surface area contributed by atoms with Gasteiger partial charge >= 0.3 is 0 Å². The molecular weight excluding hydrogens is 455 g/mol. The molecule has 4 rings (SSSR count). The summed E-state index contributed by atoms with van der Waals surface area (Å²) in [7, 11) is 0. The number of aromatic nitrogens is 4. The van der Waals surface area contributed by atoms with Gasteiger partial charge < -0.3 is 4.74 Å². The van der Waals surface area contributed by atoms with Gasteiger partial charge in [-0.1, -0.05) is 23.9 Å². The van der Waals surface area contributed by atoms with Crippen molar-refractivity contribution in [2.24, 2.45) is 5.10 Å². The van der Waals surface area contributed by atoms with Crippen molar-refractivity contribution in [2.75, 3.05) is 12.4 Å². The second kappa shape index (κ2) is 11.2. The molecule has 0 unspecified atom stereocenters. The molecule has 34 heavy (non-hydrogen) atoms. The van der Waals surface area contributed by atoms with Gasteiger partial charge in [0.15, 0.2) is 11.0 Å². The van der Waals surface area contributed by atoms with Crippen LogP contribution in [0.25, 0.3) is 17.1 Å². The Morgan fingerprint density at radius 2 is 2.03 bits per heavy atom. The van der Waals surface area contributed by atoms with E-state index in [0.29, 0.717) is 23.2 Å². The number of carbonyl (C=O) groups is 1. The fourth-order valence-corrected chi connectivity index (χ4v) is 3.81. The summed E-state index contributed by atoms with van der Waals surface area (Å²) < 4.78 is 20.6. The number of ether oxygens (including phenoxy) is 1. The summed E-state index contributed by atoms with van der Waals surface area (Å²) in [5, 5.41) is 13.0. The van der Waals surface area contributed by atoms with Gasteiger partial charge in [-0.25, -0.2) is 9.82 Å². The third kappa shape index (κ3) is 5.84. The molecule has 4 aromatic rings. The molecule has 0 saturated heterocycles. The van der Waals surface area contributed by atoms with Gasteiger partial charge in [0.1, 0.15) is 11.6 Å². The Hall–Kier alpha value is -4.05. The lowest BCUT2D eigenvalue weighted by molar-refractivity contribution is -0.118. The molecule has 2 heterocycles. The third-order valence-electron chi connectivity index (χ3n) is 4.54. The van der Waals surface area contributed by atoms with Crippen LogP contribution in [0.5, 0.6) is 5.75 Å². The highest BCUT2D eigenvalue weighted by Gasteiger charge is 2.17. The topological polar surface area (TPSA) is 94.3 Å². The highest BCUT2D eigenvalue weighted by Crippen LogP contribution is 2.28. The van der Waals surface area contributed by atoms with Crippen molar-refractivity contribution in [3.63, 3.8) is 0 Å². The van der Waals surface area contributed by atoms with Crippen LogP contribution in [0.15, 0.2) is 83.3 Å². The zero-order valence-corrected chi connectivity index (χ0v) is 19.1. The van der Waals surface area contributed by atoms with E-state index in [9.17, 15) is 9.18 Å². The standard InChI is InChI=1S/C24H21FN6O2S/c1-2-33-21-10-8-20(9-11-21)31-23(18-6-4-12-26-15-18)29-30-24(31)34-16-22(32)28-27-14-17-5-3-7-19(25)13-17/h3-15H,2,16H2,1H3,(H,28,32). The monoisotopic (exact) mass is 476 g/mol. The molecule has 0 aliphatic heterocycles. The second-order valence-corrected chi connectivity index (χ2v) is 7.89. The van der Waals surface area contributed by atoms with Crippen molar-refractivity contribution in [3.8, 4) is 22.8 Å². The fourth-order valence-electron chi connectivity index (χ4n) is 3.06. The summed E-state index contributed by atoms with van der Waals surface area (Å²) in [4.78, 5) is 16.5. The molecular formula is C24H21FN6O2S. The third-order valence-corrected chi connectivity index (χ3v) is 5.47. The minimum absolute atomic E-state index is 0.0582. The molecule has 0 fully saturated rings. The molecule has 0 bridgehead atoms. The van der Waals surface area contributed by atoms with Crippen molar-refractivity contribution in [1.82, 2.24) is 25.2 Å². The van der Waals surface area contributed by atoms with E-state index in [0.717, 1.165) is 17.0 Å². The van der Waals surface area contributed by atoms with Crippen LogP contribution in [-0.4, -0.2) is 44.2 Å². The molecule has 0 spiro atoms. The summed E-state index contributed by atoms with van der Waals surface area (Å²) in [6.07, 6.45) is 4.78. The van der Waals surface area contributed by atoms with Crippen LogP contribution in [0.4, 0.5) is 4.39 Å². The lowest BCUT2D eigenvalue weighted by atomic mass is 10.2. The highest BCUT2D eigenvalue weighted by atomic mass is 32.2. The van der Waals surface area contributed by atoms with Crippen molar-refractivity contribution < 1.29 is 13.9 Å². The quantitative estimate of drug-likeness (QED) is 0.222. The minimum Gasteiger partial charge on any atom is -0.494 e. The maximum Gasteiger partial charge on any atom is 0.250 e. The van der Waals surface area contributed by atoms with E-state index in [4.69, 9.17) is 4.74 Å². The van der Waals surface area contributed by atoms with Crippen LogP contribution in [0.1, 0.15) is 12.5 Å². The number of benzene rings is 2. The number of thioether (sulfide) groups is 1. The number of hydrogen-bond donors (Lipinski definition) is 1. The Balaban J connectivity index is 1.51. The lowest BCUT2D eigenvalue weighted by Crippen LogP contribution is -2.20. The van der Waals surface area contributed by atoms with Crippen LogP contribution in [0.2, 0.25) is 0 Å². The first kappa shape index (κ1) is 23.1. The number of rotatable bonds is 9.